The van der Waals surface area contributed by atoms with Gasteiger partial charge < -0.3 is 9.47 Å². The molecule has 2 aliphatic rings. The van der Waals surface area contributed by atoms with Gasteiger partial charge in [-0.3, -0.25) is 9.59 Å². The summed E-state index contributed by atoms with van der Waals surface area (Å²) in [5.74, 6) is -1.69. The van der Waals surface area contributed by atoms with Crippen LogP contribution in [0.2, 0.25) is 0 Å². The molecule has 0 heterocycles. The van der Waals surface area contributed by atoms with Crippen molar-refractivity contribution in [2.24, 2.45) is 11.8 Å². The van der Waals surface area contributed by atoms with Crippen LogP contribution in [0.3, 0.4) is 0 Å². The van der Waals surface area contributed by atoms with Gasteiger partial charge in [0.1, 0.15) is 6.10 Å². The molecule has 140 valence electrons. The van der Waals surface area contributed by atoms with Crippen LogP contribution in [0.5, 0.6) is 0 Å². The Bertz CT molecular complexity index is 829. The van der Waals surface area contributed by atoms with Crippen LogP contribution in [-0.4, -0.2) is 38.3 Å². The smallest absolute Gasteiger partial charge is 0.328 e. The van der Waals surface area contributed by atoms with Gasteiger partial charge in [0.15, 0.2) is 14.6 Å². The lowest BCUT2D eigenvalue weighted by Crippen LogP contribution is -2.51. The number of hydrogen-bond donors (Lipinski definition) is 0. The number of hydrogen-bond acceptors (Lipinski definition) is 6. The summed E-state index contributed by atoms with van der Waals surface area (Å²) in [4.78, 5) is 24.1. The maximum absolute atomic E-state index is 13.5. The SMILES string of the molecule is COC(=O)[C@]1(S(=O)(=O)c2ccccc2)CC[C@@H]2C[C@H](OC(C)=O)C=C[C@@H]21. The van der Waals surface area contributed by atoms with E-state index >= 15 is 0 Å². The molecule has 0 radical (unpaired) electrons. The molecule has 0 amide bonds. The molecule has 1 aromatic rings. The number of ether oxygens (including phenoxy) is 2. The molecule has 0 N–H and O–H groups in total. The number of benzene rings is 1. The highest BCUT2D eigenvalue weighted by atomic mass is 32.2. The summed E-state index contributed by atoms with van der Waals surface area (Å²) >= 11 is 0. The lowest BCUT2D eigenvalue weighted by atomic mass is 9.81. The summed E-state index contributed by atoms with van der Waals surface area (Å²) < 4.78 is 35.4. The van der Waals surface area contributed by atoms with E-state index in [4.69, 9.17) is 9.47 Å². The Labute approximate surface area is 153 Å². The van der Waals surface area contributed by atoms with E-state index in [9.17, 15) is 18.0 Å². The van der Waals surface area contributed by atoms with Crippen molar-refractivity contribution in [3.8, 4) is 0 Å². The van der Waals surface area contributed by atoms with E-state index in [1.807, 2.05) is 0 Å². The van der Waals surface area contributed by atoms with Gasteiger partial charge in [-0.15, -0.1) is 0 Å². The zero-order chi connectivity index (χ0) is 18.9. The van der Waals surface area contributed by atoms with E-state index in [1.54, 1.807) is 30.4 Å². The van der Waals surface area contributed by atoms with Gasteiger partial charge >= 0.3 is 11.9 Å². The summed E-state index contributed by atoms with van der Waals surface area (Å²) in [5.41, 5.74) is 0. The van der Waals surface area contributed by atoms with Gasteiger partial charge in [0.25, 0.3) is 0 Å². The first-order valence-electron chi connectivity index (χ1n) is 8.56. The van der Waals surface area contributed by atoms with Gasteiger partial charge in [0, 0.05) is 12.8 Å². The van der Waals surface area contributed by atoms with Crippen molar-refractivity contribution < 1.29 is 27.5 Å². The van der Waals surface area contributed by atoms with Crippen molar-refractivity contribution in [3.05, 3.63) is 42.5 Å². The van der Waals surface area contributed by atoms with Crippen molar-refractivity contribution in [2.75, 3.05) is 7.11 Å². The van der Waals surface area contributed by atoms with Gasteiger partial charge in [-0.05, 0) is 43.4 Å². The van der Waals surface area contributed by atoms with Gasteiger partial charge in [0.2, 0.25) is 0 Å². The van der Waals surface area contributed by atoms with Crippen LogP contribution in [0.15, 0.2) is 47.4 Å². The summed E-state index contributed by atoms with van der Waals surface area (Å²) in [6, 6.07) is 8.00. The monoisotopic (exact) mass is 378 g/mol. The van der Waals surface area contributed by atoms with Crippen molar-refractivity contribution in [1.29, 1.82) is 0 Å². The highest BCUT2D eigenvalue weighted by molar-refractivity contribution is 7.93. The number of methoxy groups -OCH3 is 1. The molecule has 1 saturated carbocycles. The molecule has 0 saturated heterocycles. The molecular weight excluding hydrogens is 356 g/mol. The molecule has 4 atom stereocenters. The highest BCUT2D eigenvalue weighted by Gasteiger charge is 2.63. The fraction of sp³-hybridized carbons (Fsp3) is 0.474. The average molecular weight is 378 g/mol. The first-order valence-corrected chi connectivity index (χ1v) is 10.0. The quantitative estimate of drug-likeness (QED) is 0.590. The Morgan fingerprint density at radius 3 is 2.46 bits per heavy atom. The number of fused-ring (bicyclic) bond motifs is 1. The van der Waals surface area contributed by atoms with Crippen LogP contribution in [0, 0.1) is 11.8 Å². The van der Waals surface area contributed by atoms with Crippen LogP contribution in [0.4, 0.5) is 0 Å². The molecule has 0 aliphatic heterocycles. The fourth-order valence-electron chi connectivity index (χ4n) is 4.27. The highest BCUT2D eigenvalue weighted by Crippen LogP contribution is 2.52. The van der Waals surface area contributed by atoms with E-state index in [0.29, 0.717) is 12.8 Å². The number of allylic oxidation sites excluding steroid dienone is 1. The third-order valence-corrected chi connectivity index (χ3v) is 7.88. The average Bonchev–Trinajstić information content (AvgIpc) is 3.01. The second-order valence-corrected chi connectivity index (χ2v) is 9.00. The summed E-state index contributed by atoms with van der Waals surface area (Å²) in [7, 11) is -2.74. The predicted molar refractivity (Wildman–Crippen MR) is 93.9 cm³/mol. The van der Waals surface area contributed by atoms with E-state index in [-0.39, 0.29) is 29.3 Å². The zero-order valence-corrected chi connectivity index (χ0v) is 15.6. The molecule has 2 aliphatic carbocycles. The maximum Gasteiger partial charge on any atom is 0.328 e. The van der Waals surface area contributed by atoms with Crippen LogP contribution >= 0.6 is 0 Å². The Morgan fingerprint density at radius 1 is 1.15 bits per heavy atom. The lowest BCUT2D eigenvalue weighted by molar-refractivity contribution is -0.147. The van der Waals surface area contributed by atoms with E-state index in [0.717, 1.165) is 0 Å². The fourth-order valence-corrected chi connectivity index (χ4v) is 6.52. The molecule has 26 heavy (non-hydrogen) atoms. The number of sulfone groups is 1. The molecule has 1 fully saturated rings. The van der Waals surface area contributed by atoms with Crippen molar-refractivity contribution in [1.82, 2.24) is 0 Å². The van der Waals surface area contributed by atoms with Crippen molar-refractivity contribution in [2.45, 2.75) is 41.9 Å². The first-order chi connectivity index (χ1) is 12.3. The second-order valence-electron chi connectivity index (χ2n) is 6.79. The summed E-state index contributed by atoms with van der Waals surface area (Å²) in [5, 5.41) is 0. The minimum Gasteiger partial charge on any atom is -0.468 e. The standard InChI is InChI=1S/C19H22O6S/c1-13(20)25-15-8-9-17-14(12-15)10-11-19(17,18(21)24-2)26(22,23)16-6-4-3-5-7-16/h3-9,14-15,17H,10-12H2,1-2H3/t14-,15-,17+,19+/m1/s1. The molecule has 0 spiro atoms. The van der Waals surface area contributed by atoms with Crippen LogP contribution in [-0.2, 0) is 28.9 Å². The molecule has 7 heteroatoms. The maximum atomic E-state index is 13.5. The number of rotatable bonds is 4. The molecule has 0 bridgehead atoms. The minimum absolute atomic E-state index is 0.0677. The second kappa shape index (κ2) is 6.87. The summed E-state index contributed by atoms with van der Waals surface area (Å²) in [6.45, 7) is 1.34. The van der Waals surface area contributed by atoms with Crippen LogP contribution in [0.25, 0.3) is 0 Å². The molecule has 0 aromatic heterocycles. The first kappa shape index (κ1) is 18.6. The minimum atomic E-state index is -3.96. The Kier molecular flexibility index (Phi) is 4.92. The van der Waals surface area contributed by atoms with Crippen molar-refractivity contribution in [3.63, 3.8) is 0 Å². The topological polar surface area (TPSA) is 86.7 Å². The molecule has 6 nitrogen and oxygen atoms in total. The Morgan fingerprint density at radius 2 is 1.85 bits per heavy atom. The zero-order valence-electron chi connectivity index (χ0n) is 14.8. The third kappa shape index (κ3) is 2.84. The molecule has 1 aromatic carbocycles. The van der Waals surface area contributed by atoms with Gasteiger partial charge in [-0.25, -0.2) is 8.42 Å². The number of carbonyl (C=O) groups excluding carboxylic acids is 2. The van der Waals surface area contributed by atoms with E-state index in [1.165, 1.54) is 26.2 Å². The number of esters is 2. The Hall–Kier alpha value is -2.15. The van der Waals surface area contributed by atoms with E-state index < -0.39 is 26.5 Å². The predicted octanol–water partition coefficient (Wildman–Crippen LogP) is 2.29. The molecule has 0 unspecified atom stereocenters. The van der Waals surface area contributed by atoms with Gasteiger partial charge in [-0.1, -0.05) is 24.3 Å². The van der Waals surface area contributed by atoms with E-state index in [2.05, 4.69) is 0 Å². The van der Waals surface area contributed by atoms with Gasteiger partial charge in [-0.2, -0.15) is 0 Å². The largest absolute Gasteiger partial charge is 0.468 e. The Balaban J connectivity index is 2.06. The number of carbonyl (C=O) groups is 2. The third-order valence-electron chi connectivity index (χ3n) is 5.38. The van der Waals surface area contributed by atoms with Crippen LogP contribution < -0.4 is 0 Å². The lowest BCUT2D eigenvalue weighted by Gasteiger charge is -2.35. The normalized spacial score (nSPS) is 30.5. The van der Waals surface area contributed by atoms with Crippen LogP contribution in [0.1, 0.15) is 26.2 Å². The van der Waals surface area contributed by atoms with Gasteiger partial charge in [0.05, 0.1) is 12.0 Å². The summed E-state index contributed by atoms with van der Waals surface area (Å²) in [6.07, 6.45) is 4.25. The molecule has 3 rings (SSSR count). The molecular formula is C19H22O6S. The van der Waals surface area contributed by atoms with Crippen molar-refractivity contribution >= 4 is 21.8 Å².